The van der Waals surface area contributed by atoms with Gasteiger partial charge < -0.3 is 10.1 Å². The van der Waals surface area contributed by atoms with Crippen LogP contribution in [0.5, 0.6) is 0 Å². The zero-order valence-corrected chi connectivity index (χ0v) is 12.5. The third-order valence-corrected chi connectivity index (χ3v) is 4.42. The normalized spacial score (nSPS) is 10.7. The molecule has 2 N–H and O–H groups in total. The van der Waals surface area contributed by atoms with Crippen LogP contribution in [0.15, 0.2) is 34.2 Å². The molecule has 0 saturated carbocycles. The molecule has 0 unspecified atom stereocenters. The van der Waals surface area contributed by atoms with Crippen molar-refractivity contribution in [1.82, 2.24) is 4.98 Å². The molecule has 1 heterocycles. The minimum Gasteiger partial charge on any atom is -0.481 e. The van der Waals surface area contributed by atoms with E-state index in [2.05, 4.69) is 4.98 Å². The number of aromatic nitrogens is 1. The van der Waals surface area contributed by atoms with Crippen LogP contribution in [-0.2, 0) is 11.2 Å². The van der Waals surface area contributed by atoms with Gasteiger partial charge in [0, 0.05) is 10.6 Å². The minimum atomic E-state index is -0.883. The van der Waals surface area contributed by atoms with E-state index in [-0.39, 0.29) is 6.42 Å². The highest BCUT2D eigenvalue weighted by Gasteiger charge is 2.10. The first-order chi connectivity index (χ1) is 8.95. The predicted molar refractivity (Wildman–Crippen MR) is 77.7 cm³/mol. The number of hydrogen-bond acceptors (Lipinski definition) is 2. The quantitative estimate of drug-likeness (QED) is 0.792. The number of carboxylic acid groups (broad SMARTS) is 1. The Bertz CT molecular complexity index is 627. The van der Waals surface area contributed by atoms with Crippen LogP contribution in [-0.4, -0.2) is 16.1 Å². The van der Waals surface area contributed by atoms with Gasteiger partial charge in [0.25, 0.3) is 0 Å². The number of aromatic amines is 1. The lowest BCUT2D eigenvalue weighted by molar-refractivity contribution is -0.136. The van der Waals surface area contributed by atoms with E-state index >= 15 is 0 Å². The van der Waals surface area contributed by atoms with Crippen LogP contribution in [0.1, 0.15) is 5.69 Å². The summed E-state index contributed by atoms with van der Waals surface area (Å²) in [6.45, 7) is 0. The summed E-state index contributed by atoms with van der Waals surface area (Å²) in [5.41, 5.74) is 0.631. The predicted octanol–water partition coefficient (Wildman–Crippen LogP) is 4.75. The number of benzene rings is 1. The smallest absolute Gasteiger partial charge is 0.309 e. The van der Waals surface area contributed by atoms with Gasteiger partial charge in [-0.25, -0.2) is 0 Å². The lowest BCUT2D eigenvalue weighted by Crippen LogP contribution is -1.99. The SMILES string of the molecule is O=C(O)Cc1ccc(Sc2cc(Cl)c(Cl)cc2Cl)[nH]1. The Balaban J connectivity index is 2.19. The fourth-order valence-electron chi connectivity index (χ4n) is 1.44. The number of rotatable bonds is 4. The summed E-state index contributed by atoms with van der Waals surface area (Å²) >= 11 is 19.2. The average molecular weight is 337 g/mol. The van der Waals surface area contributed by atoms with Crippen LogP contribution in [0, 0.1) is 0 Å². The van der Waals surface area contributed by atoms with E-state index in [0.717, 1.165) is 9.92 Å². The van der Waals surface area contributed by atoms with Crippen molar-refractivity contribution in [2.45, 2.75) is 16.3 Å². The Hall–Kier alpha value is -0.810. The summed E-state index contributed by atoms with van der Waals surface area (Å²) in [5.74, 6) is -0.883. The van der Waals surface area contributed by atoms with Crippen LogP contribution < -0.4 is 0 Å². The van der Waals surface area contributed by atoms with Gasteiger partial charge in [0.15, 0.2) is 0 Å². The first-order valence-electron chi connectivity index (χ1n) is 5.18. The molecule has 3 nitrogen and oxygen atoms in total. The lowest BCUT2D eigenvalue weighted by Gasteiger charge is -2.04. The molecule has 0 aliphatic rings. The van der Waals surface area contributed by atoms with Crippen molar-refractivity contribution >= 4 is 52.5 Å². The molecular weight excluding hydrogens is 329 g/mol. The molecule has 2 rings (SSSR count). The van der Waals surface area contributed by atoms with Crippen molar-refractivity contribution in [2.75, 3.05) is 0 Å². The van der Waals surface area contributed by atoms with E-state index in [1.807, 2.05) is 0 Å². The zero-order valence-electron chi connectivity index (χ0n) is 9.41. The summed E-state index contributed by atoms with van der Waals surface area (Å²) in [6.07, 6.45) is -0.0460. The van der Waals surface area contributed by atoms with E-state index in [1.165, 1.54) is 11.8 Å². The maximum absolute atomic E-state index is 10.6. The van der Waals surface area contributed by atoms with E-state index < -0.39 is 5.97 Å². The molecule has 0 spiro atoms. The molecular formula is C12H8Cl3NO2S. The first-order valence-corrected chi connectivity index (χ1v) is 7.13. The standard InChI is InChI=1S/C12H8Cl3NO2S/c13-7-4-9(15)10(5-8(7)14)19-11-2-1-6(16-11)3-12(17)18/h1-2,4-5,16H,3H2,(H,17,18). The molecule has 100 valence electrons. The van der Waals surface area contributed by atoms with E-state index in [0.29, 0.717) is 20.8 Å². The summed E-state index contributed by atoms with van der Waals surface area (Å²) in [6, 6.07) is 6.77. The van der Waals surface area contributed by atoms with Crippen LogP contribution in [0.3, 0.4) is 0 Å². The number of carboxylic acids is 1. The first kappa shape index (κ1) is 14.6. The van der Waals surface area contributed by atoms with Crippen molar-refractivity contribution in [3.63, 3.8) is 0 Å². The molecule has 0 fully saturated rings. The average Bonchev–Trinajstić information content (AvgIpc) is 2.72. The molecule has 0 amide bonds. The fraction of sp³-hybridized carbons (Fsp3) is 0.0833. The van der Waals surface area contributed by atoms with Gasteiger partial charge in [-0.1, -0.05) is 46.6 Å². The van der Waals surface area contributed by atoms with Crippen LogP contribution in [0.25, 0.3) is 0 Å². The van der Waals surface area contributed by atoms with Crippen molar-refractivity contribution in [3.8, 4) is 0 Å². The highest BCUT2D eigenvalue weighted by atomic mass is 35.5. The Labute approximate surface area is 128 Å². The molecule has 0 radical (unpaired) electrons. The lowest BCUT2D eigenvalue weighted by atomic mass is 10.3. The van der Waals surface area contributed by atoms with Gasteiger partial charge in [0.05, 0.1) is 26.5 Å². The molecule has 0 bridgehead atoms. The van der Waals surface area contributed by atoms with Crippen molar-refractivity contribution in [2.24, 2.45) is 0 Å². The molecule has 19 heavy (non-hydrogen) atoms. The molecule has 0 saturated heterocycles. The van der Waals surface area contributed by atoms with Gasteiger partial charge in [-0.3, -0.25) is 4.79 Å². The third-order valence-electron chi connectivity index (χ3n) is 2.26. The molecule has 0 aliphatic heterocycles. The molecule has 2 aromatic rings. The van der Waals surface area contributed by atoms with Crippen LogP contribution >= 0.6 is 46.6 Å². The second-order valence-electron chi connectivity index (χ2n) is 3.72. The Morgan fingerprint density at radius 2 is 1.84 bits per heavy atom. The maximum Gasteiger partial charge on any atom is 0.309 e. The van der Waals surface area contributed by atoms with Crippen molar-refractivity contribution < 1.29 is 9.90 Å². The number of aliphatic carboxylic acids is 1. The van der Waals surface area contributed by atoms with Gasteiger partial charge in [-0.2, -0.15) is 0 Å². The number of hydrogen-bond donors (Lipinski definition) is 2. The van der Waals surface area contributed by atoms with Crippen molar-refractivity contribution in [3.05, 3.63) is 45.0 Å². The van der Waals surface area contributed by atoms with Gasteiger partial charge in [-0.05, 0) is 24.3 Å². The van der Waals surface area contributed by atoms with E-state index in [4.69, 9.17) is 39.9 Å². The molecule has 1 aromatic carbocycles. The Kier molecular flexibility index (Phi) is 4.68. The largest absolute Gasteiger partial charge is 0.481 e. The minimum absolute atomic E-state index is 0.0460. The van der Waals surface area contributed by atoms with Crippen molar-refractivity contribution in [1.29, 1.82) is 0 Å². The van der Waals surface area contributed by atoms with E-state index in [9.17, 15) is 4.79 Å². The Morgan fingerprint density at radius 3 is 2.53 bits per heavy atom. The zero-order chi connectivity index (χ0) is 14.0. The molecule has 1 aromatic heterocycles. The topological polar surface area (TPSA) is 53.1 Å². The number of carbonyl (C=O) groups is 1. The summed E-state index contributed by atoms with van der Waals surface area (Å²) in [5, 5.41) is 10.8. The molecule has 0 atom stereocenters. The maximum atomic E-state index is 10.6. The Morgan fingerprint density at radius 1 is 1.16 bits per heavy atom. The molecule has 7 heteroatoms. The number of nitrogens with one attached hydrogen (secondary N) is 1. The van der Waals surface area contributed by atoms with Gasteiger partial charge in [0.1, 0.15) is 0 Å². The van der Waals surface area contributed by atoms with Gasteiger partial charge in [-0.15, -0.1) is 0 Å². The van der Waals surface area contributed by atoms with E-state index in [1.54, 1.807) is 24.3 Å². The molecule has 0 aliphatic carbocycles. The number of H-pyrrole nitrogens is 1. The summed E-state index contributed by atoms with van der Waals surface area (Å²) in [7, 11) is 0. The number of halogens is 3. The van der Waals surface area contributed by atoms with Gasteiger partial charge in [0.2, 0.25) is 0 Å². The van der Waals surface area contributed by atoms with Crippen LogP contribution in [0.4, 0.5) is 0 Å². The van der Waals surface area contributed by atoms with Gasteiger partial charge >= 0.3 is 5.97 Å². The fourth-order valence-corrected chi connectivity index (χ4v) is 3.06. The summed E-state index contributed by atoms with van der Waals surface area (Å²) in [4.78, 5) is 14.3. The second-order valence-corrected chi connectivity index (χ2v) is 6.02. The second kappa shape index (κ2) is 6.09. The van der Waals surface area contributed by atoms with Crippen LogP contribution in [0.2, 0.25) is 15.1 Å². The summed E-state index contributed by atoms with van der Waals surface area (Å²) < 4.78 is 0. The highest BCUT2D eigenvalue weighted by molar-refractivity contribution is 7.99. The highest BCUT2D eigenvalue weighted by Crippen LogP contribution is 2.37. The monoisotopic (exact) mass is 335 g/mol. The third kappa shape index (κ3) is 3.83.